The van der Waals surface area contributed by atoms with Gasteiger partial charge in [-0.1, -0.05) is 6.92 Å². The number of aromatic nitrogens is 2. The van der Waals surface area contributed by atoms with Gasteiger partial charge in [0.2, 0.25) is 0 Å². The molecule has 1 aromatic rings. The van der Waals surface area contributed by atoms with E-state index in [9.17, 15) is 4.79 Å². The standard InChI is InChI=1S/C14H24N4O/c1-4-11-7-5-6-8-17(11)14(19)13-12(15)9-18(16-13)10(2)3/h9-11H,4-8,15H2,1-3H3. The highest BCUT2D eigenvalue weighted by Crippen LogP contribution is 2.23. The van der Waals surface area contributed by atoms with Crippen molar-refractivity contribution < 1.29 is 4.79 Å². The molecule has 1 aliphatic rings. The van der Waals surface area contributed by atoms with Gasteiger partial charge < -0.3 is 10.6 Å². The Morgan fingerprint density at radius 2 is 2.26 bits per heavy atom. The van der Waals surface area contributed by atoms with E-state index in [0.29, 0.717) is 17.4 Å². The van der Waals surface area contributed by atoms with Crippen molar-refractivity contribution in [2.45, 2.75) is 58.5 Å². The van der Waals surface area contributed by atoms with Gasteiger partial charge in [-0.05, 0) is 39.5 Å². The van der Waals surface area contributed by atoms with Crippen molar-refractivity contribution >= 4 is 11.6 Å². The molecule has 1 aromatic heterocycles. The molecule has 1 unspecified atom stereocenters. The molecule has 1 fully saturated rings. The third-order valence-electron chi connectivity index (χ3n) is 3.85. The third kappa shape index (κ3) is 2.74. The van der Waals surface area contributed by atoms with E-state index in [1.54, 1.807) is 10.9 Å². The molecule has 19 heavy (non-hydrogen) atoms. The summed E-state index contributed by atoms with van der Waals surface area (Å²) in [4.78, 5) is 14.5. The molecule has 1 atom stereocenters. The predicted molar refractivity (Wildman–Crippen MR) is 76.0 cm³/mol. The van der Waals surface area contributed by atoms with Crippen LogP contribution >= 0.6 is 0 Å². The van der Waals surface area contributed by atoms with Crippen LogP contribution in [0.4, 0.5) is 5.69 Å². The summed E-state index contributed by atoms with van der Waals surface area (Å²) >= 11 is 0. The van der Waals surface area contributed by atoms with Crippen LogP contribution in [-0.2, 0) is 0 Å². The summed E-state index contributed by atoms with van der Waals surface area (Å²) in [5, 5.41) is 4.35. The van der Waals surface area contributed by atoms with Gasteiger partial charge in [0.05, 0.1) is 5.69 Å². The summed E-state index contributed by atoms with van der Waals surface area (Å²) < 4.78 is 1.76. The number of rotatable bonds is 3. The van der Waals surface area contributed by atoms with Gasteiger partial charge in [0.1, 0.15) is 0 Å². The van der Waals surface area contributed by atoms with Crippen molar-refractivity contribution in [2.24, 2.45) is 0 Å². The minimum absolute atomic E-state index is 0.0107. The number of anilines is 1. The number of nitrogens with zero attached hydrogens (tertiary/aromatic N) is 3. The van der Waals surface area contributed by atoms with Crippen molar-refractivity contribution in [1.29, 1.82) is 0 Å². The summed E-state index contributed by atoms with van der Waals surface area (Å²) in [6, 6.07) is 0.553. The third-order valence-corrected chi connectivity index (χ3v) is 3.85. The fraction of sp³-hybridized carbons (Fsp3) is 0.714. The number of piperidine rings is 1. The van der Waals surface area contributed by atoms with E-state index in [4.69, 9.17) is 5.73 Å². The van der Waals surface area contributed by atoms with Gasteiger partial charge in [0.25, 0.3) is 5.91 Å². The first kappa shape index (κ1) is 13.9. The Balaban J connectivity index is 2.22. The number of nitrogen functional groups attached to an aromatic ring is 1. The van der Waals surface area contributed by atoms with E-state index in [0.717, 1.165) is 25.8 Å². The van der Waals surface area contributed by atoms with E-state index in [1.807, 2.05) is 18.7 Å². The van der Waals surface area contributed by atoms with E-state index in [-0.39, 0.29) is 11.9 Å². The molecule has 0 saturated carbocycles. The van der Waals surface area contributed by atoms with Crippen molar-refractivity contribution in [3.63, 3.8) is 0 Å². The molecule has 0 aromatic carbocycles. The van der Waals surface area contributed by atoms with Crippen LogP contribution in [0, 0.1) is 0 Å². The molecule has 0 spiro atoms. The van der Waals surface area contributed by atoms with Crippen LogP contribution in [0.2, 0.25) is 0 Å². The summed E-state index contributed by atoms with van der Waals surface area (Å²) in [6.45, 7) is 7.00. The lowest BCUT2D eigenvalue weighted by Crippen LogP contribution is -2.43. The summed E-state index contributed by atoms with van der Waals surface area (Å²) in [5.74, 6) is -0.0107. The van der Waals surface area contributed by atoms with Crippen LogP contribution in [0.3, 0.4) is 0 Å². The SMILES string of the molecule is CCC1CCCCN1C(=O)c1nn(C(C)C)cc1N. The Kier molecular flexibility index (Phi) is 4.12. The fourth-order valence-electron chi connectivity index (χ4n) is 2.66. The van der Waals surface area contributed by atoms with Crippen LogP contribution in [0.25, 0.3) is 0 Å². The van der Waals surface area contributed by atoms with Crippen LogP contribution in [0.1, 0.15) is 63.0 Å². The second-order valence-electron chi connectivity index (χ2n) is 5.56. The molecule has 0 bridgehead atoms. The first-order valence-electron chi connectivity index (χ1n) is 7.20. The number of carbonyl (C=O) groups excluding carboxylic acids is 1. The molecular weight excluding hydrogens is 240 g/mol. The zero-order chi connectivity index (χ0) is 14.0. The van der Waals surface area contributed by atoms with E-state index in [2.05, 4.69) is 12.0 Å². The van der Waals surface area contributed by atoms with Gasteiger partial charge in [0.15, 0.2) is 5.69 Å². The minimum Gasteiger partial charge on any atom is -0.396 e. The fourth-order valence-corrected chi connectivity index (χ4v) is 2.66. The zero-order valence-corrected chi connectivity index (χ0v) is 12.1. The molecule has 2 heterocycles. The van der Waals surface area contributed by atoms with Crippen molar-refractivity contribution in [3.8, 4) is 0 Å². The molecule has 2 N–H and O–H groups in total. The van der Waals surface area contributed by atoms with Gasteiger partial charge >= 0.3 is 0 Å². The van der Waals surface area contributed by atoms with Crippen molar-refractivity contribution in [2.75, 3.05) is 12.3 Å². The second-order valence-corrected chi connectivity index (χ2v) is 5.56. The average Bonchev–Trinajstić information content (AvgIpc) is 2.80. The number of nitrogens with two attached hydrogens (primary N) is 1. The van der Waals surface area contributed by atoms with Crippen LogP contribution in [0.15, 0.2) is 6.20 Å². The maximum Gasteiger partial charge on any atom is 0.276 e. The lowest BCUT2D eigenvalue weighted by molar-refractivity contribution is 0.0602. The lowest BCUT2D eigenvalue weighted by atomic mass is 9.99. The molecule has 0 radical (unpaired) electrons. The highest BCUT2D eigenvalue weighted by Gasteiger charge is 2.29. The summed E-state index contributed by atoms with van der Waals surface area (Å²) in [6.07, 6.45) is 6.12. The molecule has 0 aliphatic carbocycles. The smallest absolute Gasteiger partial charge is 0.276 e. The first-order chi connectivity index (χ1) is 9.04. The Hall–Kier alpha value is -1.52. The van der Waals surface area contributed by atoms with Gasteiger partial charge in [0, 0.05) is 24.8 Å². The van der Waals surface area contributed by atoms with Crippen molar-refractivity contribution in [1.82, 2.24) is 14.7 Å². The maximum atomic E-state index is 12.6. The molecular formula is C14H24N4O. The van der Waals surface area contributed by atoms with Gasteiger partial charge in [-0.15, -0.1) is 0 Å². The van der Waals surface area contributed by atoms with Crippen molar-refractivity contribution in [3.05, 3.63) is 11.9 Å². The highest BCUT2D eigenvalue weighted by molar-refractivity contribution is 5.97. The average molecular weight is 264 g/mol. The molecule has 106 valence electrons. The topological polar surface area (TPSA) is 64.2 Å². The molecule has 1 aliphatic heterocycles. The normalized spacial score (nSPS) is 20.0. The Morgan fingerprint density at radius 1 is 1.53 bits per heavy atom. The molecule has 5 heteroatoms. The first-order valence-corrected chi connectivity index (χ1v) is 7.20. The molecule has 5 nitrogen and oxygen atoms in total. The maximum absolute atomic E-state index is 12.6. The largest absolute Gasteiger partial charge is 0.396 e. The predicted octanol–water partition coefficient (Wildman–Crippen LogP) is 2.45. The Bertz CT molecular complexity index is 452. The number of hydrogen-bond donors (Lipinski definition) is 1. The van der Waals surface area contributed by atoms with Gasteiger partial charge in [-0.3, -0.25) is 9.48 Å². The number of likely N-dealkylation sites (tertiary alicyclic amines) is 1. The van der Waals surface area contributed by atoms with Gasteiger partial charge in [-0.2, -0.15) is 5.10 Å². The minimum atomic E-state index is -0.0107. The van der Waals surface area contributed by atoms with Crippen LogP contribution < -0.4 is 5.73 Å². The van der Waals surface area contributed by atoms with Crippen LogP contribution in [0.5, 0.6) is 0 Å². The quantitative estimate of drug-likeness (QED) is 0.912. The van der Waals surface area contributed by atoms with Crippen LogP contribution in [-0.4, -0.2) is 33.2 Å². The summed E-state index contributed by atoms with van der Waals surface area (Å²) in [7, 11) is 0. The van der Waals surface area contributed by atoms with E-state index in [1.165, 1.54) is 6.42 Å². The molecule has 1 saturated heterocycles. The lowest BCUT2D eigenvalue weighted by Gasteiger charge is -2.34. The second kappa shape index (κ2) is 5.63. The molecule has 2 rings (SSSR count). The number of carbonyl (C=O) groups is 1. The summed E-state index contributed by atoms with van der Waals surface area (Å²) in [5.41, 5.74) is 6.84. The number of amides is 1. The van der Waals surface area contributed by atoms with E-state index >= 15 is 0 Å². The highest BCUT2D eigenvalue weighted by atomic mass is 16.2. The number of hydrogen-bond acceptors (Lipinski definition) is 3. The monoisotopic (exact) mass is 264 g/mol. The Labute approximate surface area is 114 Å². The zero-order valence-electron chi connectivity index (χ0n) is 12.1. The Morgan fingerprint density at radius 3 is 2.84 bits per heavy atom. The van der Waals surface area contributed by atoms with E-state index < -0.39 is 0 Å². The molecule has 1 amide bonds. The van der Waals surface area contributed by atoms with Gasteiger partial charge in [-0.25, -0.2) is 0 Å².